The van der Waals surface area contributed by atoms with Crippen LogP contribution in [-0.4, -0.2) is 23.8 Å². The maximum absolute atomic E-state index is 12.2. The van der Waals surface area contributed by atoms with Crippen molar-refractivity contribution in [3.63, 3.8) is 0 Å². The maximum atomic E-state index is 12.2. The highest BCUT2D eigenvalue weighted by Crippen LogP contribution is 2.20. The smallest absolute Gasteiger partial charge is 0.264 e. The molecule has 1 unspecified atom stereocenters. The van der Waals surface area contributed by atoms with Crippen LogP contribution in [-0.2, 0) is 9.63 Å². The lowest BCUT2D eigenvalue weighted by atomic mass is 9.95. The van der Waals surface area contributed by atoms with Crippen molar-refractivity contribution in [3.05, 3.63) is 35.9 Å². The fourth-order valence-electron chi connectivity index (χ4n) is 2.86. The van der Waals surface area contributed by atoms with E-state index < -0.39 is 6.10 Å². The molecule has 1 fully saturated rings. The summed E-state index contributed by atoms with van der Waals surface area (Å²) < 4.78 is 0. The fourth-order valence-corrected chi connectivity index (χ4v) is 2.86. The molecule has 0 radical (unpaired) electrons. The molecule has 20 heavy (non-hydrogen) atoms. The van der Waals surface area contributed by atoms with Crippen LogP contribution in [0, 0.1) is 0 Å². The molecule has 1 amide bonds. The molecule has 1 aromatic carbocycles. The lowest BCUT2D eigenvalue weighted by Crippen LogP contribution is -2.42. The van der Waals surface area contributed by atoms with E-state index in [1.165, 1.54) is 19.3 Å². The summed E-state index contributed by atoms with van der Waals surface area (Å²) in [7, 11) is 0. The Morgan fingerprint density at radius 2 is 1.90 bits per heavy atom. The van der Waals surface area contributed by atoms with Crippen LogP contribution in [0.4, 0.5) is 0 Å². The van der Waals surface area contributed by atoms with Crippen molar-refractivity contribution < 1.29 is 9.63 Å². The van der Waals surface area contributed by atoms with E-state index in [1.807, 2.05) is 30.3 Å². The Kier molecular flexibility index (Phi) is 4.00. The van der Waals surface area contributed by atoms with Gasteiger partial charge in [-0.2, -0.15) is 0 Å². The van der Waals surface area contributed by atoms with Crippen molar-refractivity contribution in [1.82, 2.24) is 5.32 Å². The van der Waals surface area contributed by atoms with Crippen molar-refractivity contribution in [1.29, 1.82) is 0 Å². The van der Waals surface area contributed by atoms with Gasteiger partial charge in [-0.1, -0.05) is 54.8 Å². The van der Waals surface area contributed by atoms with Crippen LogP contribution >= 0.6 is 0 Å². The number of benzene rings is 1. The Morgan fingerprint density at radius 1 is 1.15 bits per heavy atom. The van der Waals surface area contributed by atoms with Crippen molar-refractivity contribution in [2.24, 2.45) is 5.16 Å². The Hall–Kier alpha value is -1.84. The summed E-state index contributed by atoms with van der Waals surface area (Å²) in [5.74, 6) is -0.0217. The van der Waals surface area contributed by atoms with Gasteiger partial charge in [-0.15, -0.1) is 0 Å². The predicted octanol–water partition coefficient (Wildman–Crippen LogP) is 2.63. The normalized spacial score (nSPS) is 23.0. The molecule has 1 aliphatic heterocycles. The van der Waals surface area contributed by atoms with E-state index >= 15 is 0 Å². The SMILES string of the molecule is O=C(NC1CCCCC1)C1CC(c2ccccc2)=NO1. The van der Waals surface area contributed by atoms with Gasteiger partial charge < -0.3 is 10.2 Å². The van der Waals surface area contributed by atoms with Crippen LogP contribution in [0.25, 0.3) is 0 Å². The number of carbonyl (C=O) groups excluding carboxylic acids is 1. The highest BCUT2D eigenvalue weighted by atomic mass is 16.6. The number of rotatable bonds is 3. The van der Waals surface area contributed by atoms with Crippen LogP contribution in [0.3, 0.4) is 0 Å². The molecular formula is C16H20N2O2. The number of carbonyl (C=O) groups is 1. The van der Waals surface area contributed by atoms with E-state index in [0.29, 0.717) is 12.5 Å². The number of oxime groups is 1. The zero-order valence-electron chi connectivity index (χ0n) is 11.5. The first kappa shape index (κ1) is 13.2. The highest BCUT2D eigenvalue weighted by Gasteiger charge is 2.30. The molecule has 0 bridgehead atoms. The molecule has 1 N–H and O–H groups in total. The van der Waals surface area contributed by atoms with Gasteiger partial charge in [-0.25, -0.2) is 0 Å². The number of nitrogens with zero attached hydrogens (tertiary/aromatic N) is 1. The molecule has 1 atom stereocenters. The molecule has 0 spiro atoms. The van der Waals surface area contributed by atoms with Crippen LogP contribution < -0.4 is 5.32 Å². The Balaban J connectivity index is 1.54. The molecule has 3 rings (SSSR count). The first-order valence-corrected chi connectivity index (χ1v) is 7.41. The second-order valence-electron chi connectivity index (χ2n) is 5.55. The highest BCUT2D eigenvalue weighted by molar-refractivity contribution is 6.04. The predicted molar refractivity (Wildman–Crippen MR) is 77.5 cm³/mol. The van der Waals surface area contributed by atoms with Gasteiger partial charge in [-0.05, 0) is 18.4 Å². The van der Waals surface area contributed by atoms with E-state index in [1.54, 1.807) is 0 Å². The second kappa shape index (κ2) is 6.07. The van der Waals surface area contributed by atoms with Gasteiger partial charge in [0.05, 0.1) is 5.71 Å². The topological polar surface area (TPSA) is 50.7 Å². The Morgan fingerprint density at radius 3 is 2.65 bits per heavy atom. The summed E-state index contributed by atoms with van der Waals surface area (Å²) in [5.41, 5.74) is 1.88. The molecule has 1 aliphatic carbocycles. The number of nitrogens with one attached hydrogen (secondary N) is 1. The Bertz CT molecular complexity index is 492. The zero-order chi connectivity index (χ0) is 13.8. The monoisotopic (exact) mass is 272 g/mol. The third-order valence-electron chi connectivity index (χ3n) is 4.02. The molecule has 1 saturated carbocycles. The van der Waals surface area contributed by atoms with E-state index in [0.717, 1.165) is 24.1 Å². The van der Waals surface area contributed by atoms with Crippen molar-refractivity contribution >= 4 is 11.6 Å². The maximum Gasteiger partial charge on any atom is 0.264 e. The van der Waals surface area contributed by atoms with Gasteiger partial charge >= 0.3 is 0 Å². The van der Waals surface area contributed by atoms with Crippen molar-refractivity contribution in [2.45, 2.75) is 50.7 Å². The average Bonchev–Trinajstić information content (AvgIpc) is 2.99. The van der Waals surface area contributed by atoms with E-state index in [9.17, 15) is 4.79 Å². The molecule has 4 nitrogen and oxygen atoms in total. The number of hydrogen-bond donors (Lipinski definition) is 1. The largest absolute Gasteiger partial charge is 0.382 e. The summed E-state index contributed by atoms with van der Waals surface area (Å²) in [6, 6.07) is 10.2. The lowest BCUT2D eigenvalue weighted by molar-refractivity contribution is -0.132. The van der Waals surface area contributed by atoms with Gasteiger partial charge in [0.25, 0.3) is 5.91 Å². The molecule has 1 aromatic rings. The van der Waals surface area contributed by atoms with Gasteiger partial charge in [0.15, 0.2) is 0 Å². The van der Waals surface area contributed by atoms with Crippen molar-refractivity contribution in [2.75, 3.05) is 0 Å². The third kappa shape index (κ3) is 3.00. The molecule has 0 saturated heterocycles. The molecular weight excluding hydrogens is 252 g/mol. The van der Waals surface area contributed by atoms with Crippen LogP contribution in [0.2, 0.25) is 0 Å². The number of amides is 1. The fraction of sp³-hybridized carbons (Fsp3) is 0.500. The van der Waals surface area contributed by atoms with Crippen LogP contribution in [0.15, 0.2) is 35.5 Å². The van der Waals surface area contributed by atoms with E-state index in [4.69, 9.17) is 4.84 Å². The summed E-state index contributed by atoms with van der Waals surface area (Å²) in [6.07, 6.45) is 5.98. The molecule has 2 aliphatic rings. The van der Waals surface area contributed by atoms with E-state index in [2.05, 4.69) is 10.5 Å². The van der Waals surface area contributed by atoms with Gasteiger partial charge in [0.2, 0.25) is 6.10 Å². The summed E-state index contributed by atoms with van der Waals surface area (Å²) >= 11 is 0. The summed E-state index contributed by atoms with van der Waals surface area (Å²) in [6.45, 7) is 0. The minimum absolute atomic E-state index is 0.0217. The van der Waals surface area contributed by atoms with Crippen molar-refractivity contribution in [3.8, 4) is 0 Å². The standard InChI is InChI=1S/C16H20N2O2/c19-16(17-13-9-5-2-6-10-13)15-11-14(18-20-15)12-7-3-1-4-8-12/h1,3-4,7-8,13,15H,2,5-6,9-11H2,(H,17,19). The van der Waals surface area contributed by atoms with E-state index in [-0.39, 0.29) is 5.91 Å². The quantitative estimate of drug-likeness (QED) is 0.919. The summed E-state index contributed by atoms with van der Waals surface area (Å²) in [4.78, 5) is 17.5. The Labute approximate surface area is 119 Å². The minimum atomic E-state index is -0.466. The van der Waals surface area contributed by atoms with Gasteiger partial charge in [-0.3, -0.25) is 4.79 Å². The third-order valence-corrected chi connectivity index (χ3v) is 4.02. The zero-order valence-corrected chi connectivity index (χ0v) is 11.5. The average molecular weight is 272 g/mol. The lowest BCUT2D eigenvalue weighted by Gasteiger charge is -2.23. The second-order valence-corrected chi connectivity index (χ2v) is 5.55. The first-order valence-electron chi connectivity index (χ1n) is 7.41. The van der Waals surface area contributed by atoms with Gasteiger partial charge in [0, 0.05) is 12.5 Å². The molecule has 106 valence electrons. The van der Waals surface area contributed by atoms with Gasteiger partial charge in [0.1, 0.15) is 0 Å². The summed E-state index contributed by atoms with van der Waals surface area (Å²) in [5, 5.41) is 7.15. The molecule has 1 heterocycles. The molecule has 4 heteroatoms. The minimum Gasteiger partial charge on any atom is -0.382 e. The molecule has 0 aromatic heterocycles. The first-order chi connectivity index (χ1) is 9.83. The van der Waals surface area contributed by atoms with Crippen LogP contribution in [0.1, 0.15) is 44.1 Å². The number of hydrogen-bond acceptors (Lipinski definition) is 3. The van der Waals surface area contributed by atoms with Crippen LogP contribution in [0.5, 0.6) is 0 Å².